The van der Waals surface area contributed by atoms with Gasteiger partial charge in [-0.1, -0.05) is 0 Å². The first-order valence-corrected chi connectivity index (χ1v) is 5.50. The Labute approximate surface area is 113 Å². The van der Waals surface area contributed by atoms with Gasteiger partial charge in [-0.05, 0) is 12.1 Å². The van der Waals surface area contributed by atoms with Crippen molar-refractivity contribution in [2.75, 3.05) is 7.11 Å². The maximum atomic E-state index is 11.0. The molecule has 20 heavy (non-hydrogen) atoms. The summed E-state index contributed by atoms with van der Waals surface area (Å²) < 4.78 is 4.31. The number of carboxylic acid groups (broad SMARTS) is 1. The molecule has 0 bridgehead atoms. The van der Waals surface area contributed by atoms with Gasteiger partial charge in [-0.15, -0.1) is 0 Å². The zero-order valence-electron chi connectivity index (χ0n) is 10.5. The van der Waals surface area contributed by atoms with Gasteiger partial charge in [0.15, 0.2) is 0 Å². The van der Waals surface area contributed by atoms with Gasteiger partial charge in [0, 0.05) is 0 Å². The summed E-state index contributed by atoms with van der Waals surface area (Å²) in [6, 6.07) is 1.62. The zero-order valence-corrected chi connectivity index (χ0v) is 10.5. The Bertz CT molecular complexity index is 501. The van der Waals surface area contributed by atoms with E-state index in [0.29, 0.717) is 0 Å². The molecule has 2 unspecified atom stereocenters. The van der Waals surface area contributed by atoms with E-state index in [1.165, 1.54) is 0 Å². The van der Waals surface area contributed by atoms with Crippen molar-refractivity contribution in [3.05, 3.63) is 23.3 Å². The number of aromatic carboxylic acids is 1. The molecule has 5 N–H and O–H groups in total. The number of aromatic hydroxyl groups is 2. The predicted octanol–water partition coefficient (Wildman–Crippen LogP) is -0.247. The van der Waals surface area contributed by atoms with Gasteiger partial charge < -0.3 is 30.3 Å². The Morgan fingerprint density at radius 2 is 1.70 bits per heavy atom. The van der Waals surface area contributed by atoms with Gasteiger partial charge in [0.05, 0.1) is 30.8 Å². The summed E-state index contributed by atoms with van der Waals surface area (Å²) in [7, 11) is 1.10. The number of hydrogen-bond acceptors (Lipinski definition) is 7. The number of aliphatic hydroxyl groups is 2. The average Bonchev–Trinajstić information content (AvgIpc) is 2.37. The van der Waals surface area contributed by atoms with Crippen molar-refractivity contribution in [2.45, 2.75) is 18.6 Å². The summed E-state index contributed by atoms with van der Waals surface area (Å²) >= 11 is 0. The summed E-state index contributed by atoms with van der Waals surface area (Å²) in [6.45, 7) is 0. The molecule has 1 aromatic rings. The molecule has 0 radical (unpaired) electrons. The highest BCUT2D eigenvalue weighted by Crippen LogP contribution is 2.36. The van der Waals surface area contributed by atoms with Crippen molar-refractivity contribution in [3.8, 4) is 11.5 Å². The molecule has 110 valence electrons. The van der Waals surface area contributed by atoms with Crippen LogP contribution in [0.1, 0.15) is 28.4 Å². The summed E-state index contributed by atoms with van der Waals surface area (Å²) in [6.07, 6.45) is -3.97. The standard InChI is InChI=1S/C12H14O8/c1-20-9(16)4-8(15)11(17)10-6(13)2-5(12(18)19)3-7(10)14/h2-3,8,11,13-15,17H,4H2,1H3,(H,18,19). The summed E-state index contributed by atoms with van der Waals surface area (Å²) in [5, 5.41) is 47.4. The highest BCUT2D eigenvalue weighted by Gasteiger charge is 2.27. The fourth-order valence-electron chi connectivity index (χ4n) is 1.61. The van der Waals surface area contributed by atoms with Crippen molar-refractivity contribution in [1.29, 1.82) is 0 Å². The minimum Gasteiger partial charge on any atom is -0.507 e. The number of carboxylic acids is 1. The number of hydrogen-bond donors (Lipinski definition) is 5. The van der Waals surface area contributed by atoms with Gasteiger partial charge in [0.2, 0.25) is 0 Å². The lowest BCUT2D eigenvalue weighted by molar-refractivity contribution is -0.144. The molecule has 0 spiro atoms. The highest BCUT2D eigenvalue weighted by atomic mass is 16.5. The quantitative estimate of drug-likeness (QED) is 0.466. The van der Waals surface area contributed by atoms with E-state index in [4.69, 9.17) is 5.11 Å². The zero-order chi connectivity index (χ0) is 15.4. The predicted molar refractivity (Wildman–Crippen MR) is 64.3 cm³/mol. The summed E-state index contributed by atoms with van der Waals surface area (Å²) in [4.78, 5) is 21.7. The molecule has 0 aromatic heterocycles. The molecular formula is C12H14O8. The van der Waals surface area contributed by atoms with Crippen LogP contribution in [0.15, 0.2) is 12.1 Å². The van der Waals surface area contributed by atoms with E-state index in [0.717, 1.165) is 19.2 Å². The third-order valence-electron chi connectivity index (χ3n) is 2.65. The number of methoxy groups -OCH3 is 1. The van der Waals surface area contributed by atoms with Crippen LogP contribution in [0, 0.1) is 0 Å². The van der Waals surface area contributed by atoms with E-state index in [-0.39, 0.29) is 0 Å². The van der Waals surface area contributed by atoms with Crippen molar-refractivity contribution in [3.63, 3.8) is 0 Å². The van der Waals surface area contributed by atoms with E-state index in [2.05, 4.69) is 4.74 Å². The Balaban J connectivity index is 3.07. The Kier molecular flexibility index (Phi) is 4.89. The largest absolute Gasteiger partial charge is 0.507 e. The topological polar surface area (TPSA) is 145 Å². The van der Waals surface area contributed by atoms with Gasteiger partial charge in [-0.25, -0.2) is 4.79 Å². The van der Waals surface area contributed by atoms with Crippen LogP contribution < -0.4 is 0 Å². The van der Waals surface area contributed by atoms with E-state index in [1.54, 1.807) is 0 Å². The van der Waals surface area contributed by atoms with Crippen LogP contribution in [0.2, 0.25) is 0 Å². The number of phenols is 2. The molecule has 0 aliphatic carbocycles. The van der Waals surface area contributed by atoms with Gasteiger partial charge in [-0.3, -0.25) is 4.79 Å². The van der Waals surface area contributed by atoms with Crippen LogP contribution in [0.3, 0.4) is 0 Å². The SMILES string of the molecule is COC(=O)CC(O)C(O)c1c(O)cc(C(=O)O)cc1O. The number of ether oxygens (including phenoxy) is 1. The fraction of sp³-hybridized carbons (Fsp3) is 0.333. The second-order valence-electron chi connectivity index (χ2n) is 4.03. The normalized spacial score (nSPS) is 13.6. The average molecular weight is 286 g/mol. The van der Waals surface area contributed by atoms with Crippen molar-refractivity contribution in [2.24, 2.45) is 0 Å². The molecule has 1 aromatic carbocycles. The van der Waals surface area contributed by atoms with Crippen molar-refractivity contribution >= 4 is 11.9 Å². The molecule has 0 saturated heterocycles. The first-order chi connectivity index (χ1) is 9.27. The smallest absolute Gasteiger partial charge is 0.335 e. The van der Waals surface area contributed by atoms with Crippen LogP contribution in [0.25, 0.3) is 0 Å². The minimum atomic E-state index is -1.78. The Morgan fingerprint density at radius 1 is 1.20 bits per heavy atom. The van der Waals surface area contributed by atoms with Crippen molar-refractivity contribution in [1.82, 2.24) is 0 Å². The molecule has 2 atom stereocenters. The third kappa shape index (κ3) is 3.37. The number of benzene rings is 1. The maximum absolute atomic E-state index is 11.0. The third-order valence-corrected chi connectivity index (χ3v) is 2.65. The number of phenolic OH excluding ortho intramolecular Hbond substituents is 2. The molecule has 0 heterocycles. The number of carbonyl (C=O) groups is 2. The molecule has 0 fully saturated rings. The van der Waals surface area contributed by atoms with Crippen LogP contribution in [-0.2, 0) is 9.53 Å². The monoisotopic (exact) mass is 286 g/mol. The number of aliphatic hydroxyl groups excluding tert-OH is 2. The number of esters is 1. The number of carbonyl (C=O) groups excluding carboxylic acids is 1. The minimum absolute atomic E-state index is 0.390. The van der Waals surface area contributed by atoms with Gasteiger partial charge >= 0.3 is 11.9 Å². The first-order valence-electron chi connectivity index (χ1n) is 5.50. The van der Waals surface area contributed by atoms with Crippen molar-refractivity contribution < 1.29 is 39.9 Å². The maximum Gasteiger partial charge on any atom is 0.335 e. The first kappa shape index (κ1) is 15.7. The molecule has 0 aliphatic heterocycles. The Hall–Kier alpha value is -2.32. The van der Waals surface area contributed by atoms with Crippen LogP contribution in [-0.4, -0.2) is 50.7 Å². The van der Waals surface area contributed by atoms with Crippen LogP contribution in [0.4, 0.5) is 0 Å². The Morgan fingerprint density at radius 3 is 2.10 bits per heavy atom. The van der Waals surface area contributed by atoms with Gasteiger partial charge in [-0.2, -0.15) is 0 Å². The lowest BCUT2D eigenvalue weighted by Gasteiger charge is -2.19. The molecule has 8 heteroatoms. The summed E-state index contributed by atoms with van der Waals surface area (Å²) in [5.74, 6) is -3.60. The molecule has 1 rings (SSSR count). The molecule has 8 nitrogen and oxygen atoms in total. The van der Waals surface area contributed by atoms with E-state index < -0.39 is 53.2 Å². The molecule has 0 aliphatic rings. The van der Waals surface area contributed by atoms with Gasteiger partial charge in [0.25, 0.3) is 0 Å². The van der Waals surface area contributed by atoms with Gasteiger partial charge in [0.1, 0.15) is 17.6 Å². The summed E-state index contributed by atoms with van der Waals surface area (Å²) in [5.41, 5.74) is -0.857. The van der Waals surface area contributed by atoms with E-state index >= 15 is 0 Å². The second kappa shape index (κ2) is 6.22. The van der Waals surface area contributed by atoms with E-state index in [9.17, 15) is 30.0 Å². The molecule has 0 amide bonds. The molecular weight excluding hydrogens is 272 g/mol. The van der Waals surface area contributed by atoms with Crippen LogP contribution in [0.5, 0.6) is 11.5 Å². The lowest BCUT2D eigenvalue weighted by Crippen LogP contribution is -2.23. The van der Waals surface area contributed by atoms with Crippen LogP contribution >= 0.6 is 0 Å². The lowest BCUT2D eigenvalue weighted by atomic mass is 9.98. The fourth-order valence-corrected chi connectivity index (χ4v) is 1.61. The molecule has 0 saturated carbocycles. The highest BCUT2D eigenvalue weighted by molar-refractivity contribution is 5.89. The second-order valence-corrected chi connectivity index (χ2v) is 4.03. The van der Waals surface area contributed by atoms with E-state index in [1.807, 2.05) is 0 Å². The number of rotatable bonds is 5.